The summed E-state index contributed by atoms with van der Waals surface area (Å²) in [5.74, 6) is 0. The van der Waals surface area contributed by atoms with Gasteiger partial charge in [0.25, 0.3) is 6.16 Å². The van der Waals surface area contributed by atoms with Crippen LogP contribution in [0.2, 0.25) is 0 Å². The van der Waals surface area contributed by atoms with Gasteiger partial charge in [0.1, 0.15) is 0 Å². The number of ether oxygens (including phenoxy) is 2. The minimum absolute atomic E-state index is 0. The van der Waals surface area contributed by atoms with Gasteiger partial charge in [0, 0.05) is 18.7 Å². The van der Waals surface area contributed by atoms with Gasteiger partial charge in [0.15, 0.2) is 0 Å². The molecule has 0 radical (unpaired) electrons. The molecule has 0 unspecified atom stereocenters. The van der Waals surface area contributed by atoms with Crippen molar-refractivity contribution in [2.24, 2.45) is 0 Å². The van der Waals surface area contributed by atoms with E-state index in [0.29, 0.717) is 0 Å². The summed E-state index contributed by atoms with van der Waals surface area (Å²) in [5, 5.41) is 9.03. The Balaban J connectivity index is -0.00000000364. The number of hydrogen-bond acceptors (Lipinski definition) is 6. The van der Waals surface area contributed by atoms with Gasteiger partial charge >= 0.3 is 124 Å². The Morgan fingerprint density at radius 3 is 1.05 bits per heavy atom. The number of rotatable bonds is 0. The summed E-state index contributed by atoms with van der Waals surface area (Å²) in [6.07, 6.45) is -1.50. The van der Waals surface area contributed by atoms with Gasteiger partial charge in [-0.3, -0.25) is 0 Å². The number of methoxy groups -OCH3 is 2. The second kappa shape index (κ2) is 79.7. The van der Waals surface area contributed by atoms with Crippen LogP contribution in [-0.4, -0.2) is 47.7 Å². The summed E-state index contributed by atoms with van der Waals surface area (Å²) >= 11 is 4.60. The Labute approximate surface area is 219 Å². The average molecular weight is 385 g/mol. The molecule has 110 valence electrons. The van der Waals surface area contributed by atoms with Gasteiger partial charge in [-0.05, 0) is 0 Å². The predicted octanol–water partition coefficient (Wildman–Crippen LogP) is -16.9. The largest absolute Gasteiger partial charge is 1.00 e. The minimum Gasteiger partial charge on any atom is -1.00 e. The molecule has 0 saturated heterocycles. The van der Waals surface area contributed by atoms with Crippen molar-refractivity contribution in [1.29, 1.82) is 0 Å². The second-order valence-electron chi connectivity index (χ2n) is 0.896. The van der Waals surface area contributed by atoms with Gasteiger partial charge in [-0.25, -0.2) is 4.79 Å². The van der Waals surface area contributed by atoms with Crippen LogP contribution in [-0.2, 0) is 9.47 Å². The summed E-state index contributed by atoms with van der Waals surface area (Å²) in [6, 6.07) is 0. The van der Waals surface area contributed by atoms with Crippen molar-refractivity contribution in [3.8, 4) is 0 Å². The molecule has 7 N–H and O–H groups in total. The zero-order chi connectivity index (χ0) is 8.57. The first-order valence-electron chi connectivity index (χ1n) is 2.03. The molecule has 15 heteroatoms. The molecule has 0 aliphatic carbocycles. The van der Waals surface area contributed by atoms with Gasteiger partial charge in [0.05, 0.1) is 7.11 Å². The molecule has 0 aromatic carbocycles. The molecule has 0 aromatic heterocycles. The van der Waals surface area contributed by atoms with Crippen LogP contribution in [0.3, 0.4) is 0 Å². The van der Waals surface area contributed by atoms with E-state index in [2.05, 4.69) is 21.1 Å². The van der Waals surface area contributed by atoms with Crippen molar-refractivity contribution < 1.29 is 178 Å². The van der Waals surface area contributed by atoms with Crippen LogP contribution in [0.15, 0.2) is 0 Å². The predicted molar refractivity (Wildman–Crippen MR) is 51.3 cm³/mol. The molecule has 20 heavy (non-hydrogen) atoms. The van der Waals surface area contributed by atoms with Gasteiger partial charge < -0.3 is 55.1 Å². The molecular weight excluding hydrogens is 367 g/mol. The van der Waals surface area contributed by atoms with E-state index in [1.54, 1.807) is 0 Å². The van der Waals surface area contributed by atoms with Crippen LogP contribution in [0, 0.1) is 0 Å². The summed E-state index contributed by atoms with van der Waals surface area (Å²) in [5.41, 5.74) is -0.773. The number of hydrogen-bond donors (Lipinski definition) is 0. The molecule has 0 heterocycles. The first-order valence-corrected chi connectivity index (χ1v) is 2.40. The van der Waals surface area contributed by atoms with Gasteiger partial charge in [-0.1, -0.05) is 7.43 Å². The molecule has 0 atom stereocenters. The fourth-order valence-corrected chi connectivity index (χ4v) is 0. The van der Waals surface area contributed by atoms with Crippen LogP contribution in [0.4, 0.5) is 9.59 Å². The second-order valence-corrected chi connectivity index (χ2v) is 1.20. The maximum Gasteiger partial charge on any atom is 1.00 e. The molecular formula is C5H18Cl2Na4O9. The molecule has 0 rings (SSSR count). The van der Waals surface area contributed by atoms with Crippen LogP contribution in [0.1, 0.15) is 8.85 Å². The first-order chi connectivity index (χ1) is 4.54. The SMILES string of the molecule is C.COC(=O)Cl.COC(=O)[O-].O.O.O.[Cl-].[H-].[Na+].[Na+].[Na+].[Na+].[OH-]. The number of halogens is 2. The third kappa shape index (κ3) is 168. The van der Waals surface area contributed by atoms with Gasteiger partial charge in [-0.2, -0.15) is 0 Å². The standard InChI is InChI=1S/C2H3ClO2.C2H4O3.CH4.ClH.4Na.4H2O.H/c2*1-5-2(3)4;;;;;;;;;;;/h1H3;1H3,(H,3,4);1H4;1H;;;;;4*1H2;/q;;;;4*+1;;;;;-1/p-3. The Hall–Kier alpha value is 3.16. The van der Waals surface area contributed by atoms with Crippen molar-refractivity contribution in [3.63, 3.8) is 0 Å². The number of carbonyl (C=O) groups excluding carboxylic acids is 2. The summed E-state index contributed by atoms with van der Waals surface area (Å²) < 4.78 is 7.43. The van der Waals surface area contributed by atoms with E-state index >= 15 is 0 Å². The zero-order valence-corrected chi connectivity index (χ0v) is 21.3. The molecule has 0 aromatic rings. The minimum atomic E-state index is -1.50. The maximum absolute atomic E-state index is 9.36. The fourth-order valence-electron chi connectivity index (χ4n) is 0. The normalized spacial score (nSPS) is 3.35. The van der Waals surface area contributed by atoms with Gasteiger partial charge in [0.2, 0.25) is 0 Å². The quantitative estimate of drug-likeness (QED) is 0.225. The van der Waals surface area contributed by atoms with Crippen molar-refractivity contribution in [2.75, 3.05) is 14.2 Å². The molecule has 0 spiro atoms. The number of carboxylic acid groups (broad SMARTS) is 1. The van der Waals surface area contributed by atoms with Crippen molar-refractivity contribution in [1.82, 2.24) is 0 Å². The summed E-state index contributed by atoms with van der Waals surface area (Å²) in [6.45, 7) is 0. The third-order valence-corrected chi connectivity index (χ3v) is 0.481. The van der Waals surface area contributed by atoms with E-state index in [-0.39, 0.29) is 161 Å². The van der Waals surface area contributed by atoms with Crippen LogP contribution >= 0.6 is 11.6 Å². The molecule has 0 bridgehead atoms. The molecule has 0 fully saturated rings. The van der Waals surface area contributed by atoms with E-state index in [4.69, 9.17) is 9.90 Å². The topological polar surface area (TPSA) is 200 Å². The van der Waals surface area contributed by atoms with Crippen LogP contribution in [0.5, 0.6) is 0 Å². The molecule has 0 amide bonds. The monoisotopic (exact) mass is 384 g/mol. The average Bonchev–Trinajstić information content (AvgIpc) is 1.89. The van der Waals surface area contributed by atoms with E-state index in [9.17, 15) is 4.79 Å². The number of carbonyl (C=O) groups is 2. The Bertz CT molecular complexity index is 127. The first kappa shape index (κ1) is 91.3. The third-order valence-electron chi connectivity index (χ3n) is 0.327. The van der Waals surface area contributed by atoms with Crippen LogP contribution in [0.25, 0.3) is 0 Å². The molecule has 0 aliphatic heterocycles. The van der Waals surface area contributed by atoms with Crippen molar-refractivity contribution >= 4 is 23.2 Å². The van der Waals surface area contributed by atoms with Crippen molar-refractivity contribution in [3.05, 3.63) is 0 Å². The van der Waals surface area contributed by atoms with Crippen LogP contribution < -0.4 is 136 Å². The van der Waals surface area contributed by atoms with E-state index in [1.807, 2.05) is 0 Å². The molecule has 0 saturated carbocycles. The smallest absolute Gasteiger partial charge is 1.00 e. The Kier molecular flexibility index (Phi) is 364. The Morgan fingerprint density at radius 1 is 0.950 bits per heavy atom. The fraction of sp³-hybridized carbons (Fsp3) is 0.600. The van der Waals surface area contributed by atoms with Crippen molar-refractivity contribution in [2.45, 2.75) is 7.43 Å². The van der Waals surface area contributed by atoms with Gasteiger partial charge in [-0.15, -0.1) is 0 Å². The molecule has 0 aliphatic rings. The Morgan fingerprint density at radius 2 is 1.05 bits per heavy atom. The maximum atomic E-state index is 9.36. The zero-order valence-electron chi connectivity index (χ0n) is 12.7. The summed E-state index contributed by atoms with van der Waals surface area (Å²) in [7, 11) is 2.25. The van der Waals surface area contributed by atoms with E-state index in [0.717, 1.165) is 7.11 Å². The van der Waals surface area contributed by atoms with E-state index in [1.165, 1.54) is 7.11 Å². The summed E-state index contributed by atoms with van der Waals surface area (Å²) in [4.78, 5) is 18.4. The van der Waals surface area contributed by atoms with E-state index < -0.39 is 11.6 Å². The molecule has 9 nitrogen and oxygen atoms in total.